The average molecular weight is 249 g/mol. The smallest absolute Gasteiger partial charge is 0.354 e. The zero-order valence-electron chi connectivity index (χ0n) is 10.7. The van der Waals surface area contributed by atoms with Gasteiger partial charge in [-0.05, 0) is 31.7 Å². The highest BCUT2D eigenvalue weighted by Crippen LogP contribution is 2.24. The van der Waals surface area contributed by atoms with Crippen molar-refractivity contribution in [1.82, 2.24) is 9.97 Å². The van der Waals surface area contributed by atoms with Gasteiger partial charge in [-0.2, -0.15) is 0 Å². The van der Waals surface area contributed by atoms with Crippen LogP contribution in [0.1, 0.15) is 49.5 Å². The van der Waals surface area contributed by atoms with E-state index < -0.39 is 5.97 Å². The maximum atomic E-state index is 10.9. The average Bonchev–Trinajstić information content (AvgIpc) is 2.40. The summed E-state index contributed by atoms with van der Waals surface area (Å²) < 4.78 is 0. The number of anilines is 1. The van der Waals surface area contributed by atoms with E-state index in [2.05, 4.69) is 21.8 Å². The van der Waals surface area contributed by atoms with Crippen LogP contribution < -0.4 is 4.90 Å². The van der Waals surface area contributed by atoms with E-state index in [-0.39, 0.29) is 5.69 Å². The third-order valence-corrected chi connectivity index (χ3v) is 3.37. The number of piperidine rings is 1. The Morgan fingerprint density at radius 2 is 2.39 bits per heavy atom. The van der Waals surface area contributed by atoms with E-state index in [1.807, 2.05) is 0 Å². The van der Waals surface area contributed by atoms with Crippen LogP contribution in [0.25, 0.3) is 0 Å². The molecular formula is C13H19N3O2. The van der Waals surface area contributed by atoms with Crippen molar-refractivity contribution in [3.63, 3.8) is 0 Å². The zero-order valence-corrected chi connectivity index (χ0v) is 10.7. The number of rotatable bonds is 4. The second kappa shape index (κ2) is 5.80. The molecule has 1 aromatic heterocycles. The summed E-state index contributed by atoms with van der Waals surface area (Å²) in [5.41, 5.74) is 0.0702. The first kappa shape index (κ1) is 12.8. The number of hydrogen-bond acceptors (Lipinski definition) is 4. The lowest BCUT2D eigenvalue weighted by Gasteiger charge is -2.35. The molecule has 2 heterocycles. The second-order valence-corrected chi connectivity index (χ2v) is 4.68. The summed E-state index contributed by atoms with van der Waals surface area (Å²) in [6.45, 7) is 3.09. The second-order valence-electron chi connectivity index (χ2n) is 4.68. The monoisotopic (exact) mass is 249 g/mol. The van der Waals surface area contributed by atoms with Crippen LogP contribution >= 0.6 is 0 Å². The van der Waals surface area contributed by atoms with Crippen LogP contribution in [0.15, 0.2) is 12.3 Å². The van der Waals surface area contributed by atoms with Crippen molar-refractivity contribution in [3.8, 4) is 0 Å². The molecule has 0 saturated carbocycles. The number of aromatic carboxylic acids is 1. The normalized spacial score (nSPS) is 19.8. The van der Waals surface area contributed by atoms with Crippen molar-refractivity contribution in [2.45, 2.75) is 45.1 Å². The van der Waals surface area contributed by atoms with Crippen molar-refractivity contribution < 1.29 is 9.90 Å². The first-order valence-corrected chi connectivity index (χ1v) is 6.55. The van der Waals surface area contributed by atoms with Gasteiger partial charge in [0.1, 0.15) is 0 Å². The molecule has 1 aliphatic rings. The Labute approximate surface area is 107 Å². The van der Waals surface area contributed by atoms with Crippen molar-refractivity contribution in [2.24, 2.45) is 0 Å². The molecule has 1 unspecified atom stereocenters. The first-order chi connectivity index (χ1) is 8.72. The Morgan fingerprint density at radius 3 is 3.11 bits per heavy atom. The van der Waals surface area contributed by atoms with E-state index in [0.717, 1.165) is 32.2 Å². The van der Waals surface area contributed by atoms with Gasteiger partial charge in [0, 0.05) is 18.8 Å². The van der Waals surface area contributed by atoms with E-state index in [9.17, 15) is 4.79 Å². The van der Waals surface area contributed by atoms with Crippen LogP contribution in [0.4, 0.5) is 5.95 Å². The van der Waals surface area contributed by atoms with Gasteiger partial charge in [0.2, 0.25) is 5.95 Å². The molecule has 1 fully saturated rings. The van der Waals surface area contributed by atoms with Crippen LogP contribution in [0, 0.1) is 0 Å². The lowest BCUT2D eigenvalue weighted by molar-refractivity contribution is 0.0690. The summed E-state index contributed by atoms with van der Waals surface area (Å²) in [6.07, 6.45) is 7.28. The fourth-order valence-electron chi connectivity index (χ4n) is 2.50. The van der Waals surface area contributed by atoms with Crippen molar-refractivity contribution >= 4 is 11.9 Å². The van der Waals surface area contributed by atoms with Crippen LogP contribution in [0.3, 0.4) is 0 Å². The molecule has 1 saturated heterocycles. The topological polar surface area (TPSA) is 66.3 Å². The molecule has 1 aliphatic heterocycles. The maximum Gasteiger partial charge on any atom is 0.354 e. The zero-order chi connectivity index (χ0) is 13.0. The molecule has 0 spiro atoms. The Kier molecular flexibility index (Phi) is 4.12. The fraction of sp³-hybridized carbons (Fsp3) is 0.615. The van der Waals surface area contributed by atoms with Gasteiger partial charge in [0.15, 0.2) is 5.69 Å². The molecule has 2 rings (SSSR count). The summed E-state index contributed by atoms with van der Waals surface area (Å²) >= 11 is 0. The van der Waals surface area contributed by atoms with Crippen molar-refractivity contribution in [2.75, 3.05) is 11.4 Å². The first-order valence-electron chi connectivity index (χ1n) is 6.55. The molecule has 1 N–H and O–H groups in total. The van der Waals surface area contributed by atoms with E-state index >= 15 is 0 Å². The standard InChI is InChI=1S/C13H19N3O2/c1-2-5-10-6-3-4-9-16(10)13-14-8-7-11(15-13)12(17)18/h7-8,10H,2-6,9H2,1H3,(H,17,18). The fourth-order valence-corrected chi connectivity index (χ4v) is 2.50. The predicted octanol–water partition coefficient (Wildman–Crippen LogP) is 2.33. The predicted molar refractivity (Wildman–Crippen MR) is 68.9 cm³/mol. The number of nitrogens with zero attached hydrogens (tertiary/aromatic N) is 3. The molecule has 0 aromatic carbocycles. The van der Waals surface area contributed by atoms with Gasteiger partial charge in [0.25, 0.3) is 0 Å². The van der Waals surface area contributed by atoms with E-state index in [4.69, 9.17) is 5.11 Å². The third-order valence-electron chi connectivity index (χ3n) is 3.37. The molecule has 5 nitrogen and oxygen atoms in total. The highest BCUT2D eigenvalue weighted by Gasteiger charge is 2.24. The minimum Gasteiger partial charge on any atom is -0.477 e. The SMILES string of the molecule is CCCC1CCCCN1c1nccc(C(=O)O)n1. The third kappa shape index (κ3) is 2.78. The van der Waals surface area contributed by atoms with Crippen molar-refractivity contribution in [1.29, 1.82) is 0 Å². The van der Waals surface area contributed by atoms with Crippen LogP contribution in [-0.2, 0) is 0 Å². The minimum atomic E-state index is -0.997. The molecule has 0 aliphatic carbocycles. The summed E-state index contributed by atoms with van der Waals surface area (Å²) in [4.78, 5) is 21.5. The van der Waals surface area contributed by atoms with Crippen LogP contribution in [-0.4, -0.2) is 33.6 Å². The Morgan fingerprint density at radius 1 is 1.56 bits per heavy atom. The summed E-state index contributed by atoms with van der Waals surface area (Å²) in [7, 11) is 0. The van der Waals surface area contributed by atoms with Gasteiger partial charge in [-0.15, -0.1) is 0 Å². The number of carboxylic acid groups (broad SMARTS) is 1. The van der Waals surface area contributed by atoms with Crippen molar-refractivity contribution in [3.05, 3.63) is 18.0 Å². The van der Waals surface area contributed by atoms with Gasteiger partial charge < -0.3 is 10.0 Å². The number of hydrogen-bond donors (Lipinski definition) is 1. The molecule has 0 radical (unpaired) electrons. The quantitative estimate of drug-likeness (QED) is 0.887. The minimum absolute atomic E-state index is 0.0702. The number of carboxylic acids is 1. The molecule has 1 atom stereocenters. The van der Waals surface area contributed by atoms with Gasteiger partial charge in [-0.3, -0.25) is 0 Å². The number of aromatic nitrogens is 2. The van der Waals surface area contributed by atoms with Crippen LogP contribution in [0.2, 0.25) is 0 Å². The molecular weight excluding hydrogens is 230 g/mol. The molecule has 5 heteroatoms. The van der Waals surface area contributed by atoms with Gasteiger partial charge in [-0.25, -0.2) is 14.8 Å². The van der Waals surface area contributed by atoms with E-state index in [1.54, 1.807) is 0 Å². The lowest BCUT2D eigenvalue weighted by Crippen LogP contribution is -2.40. The molecule has 1 aromatic rings. The Bertz CT molecular complexity index is 420. The highest BCUT2D eigenvalue weighted by molar-refractivity contribution is 5.85. The van der Waals surface area contributed by atoms with Gasteiger partial charge in [-0.1, -0.05) is 13.3 Å². The molecule has 0 bridgehead atoms. The molecule has 98 valence electrons. The van der Waals surface area contributed by atoms with E-state index in [1.165, 1.54) is 18.7 Å². The summed E-state index contributed by atoms with van der Waals surface area (Å²) in [6, 6.07) is 1.89. The largest absolute Gasteiger partial charge is 0.477 e. The van der Waals surface area contributed by atoms with Crippen LogP contribution in [0.5, 0.6) is 0 Å². The Balaban J connectivity index is 2.22. The van der Waals surface area contributed by atoms with E-state index in [0.29, 0.717) is 12.0 Å². The maximum absolute atomic E-state index is 10.9. The number of carbonyl (C=O) groups is 1. The Hall–Kier alpha value is -1.65. The molecule has 0 amide bonds. The highest BCUT2D eigenvalue weighted by atomic mass is 16.4. The molecule has 18 heavy (non-hydrogen) atoms. The summed E-state index contributed by atoms with van der Waals surface area (Å²) in [5, 5.41) is 8.97. The summed E-state index contributed by atoms with van der Waals surface area (Å²) in [5.74, 6) is -0.434. The van der Waals surface area contributed by atoms with Gasteiger partial charge in [0.05, 0.1) is 0 Å². The lowest BCUT2D eigenvalue weighted by atomic mass is 9.99. The van der Waals surface area contributed by atoms with Gasteiger partial charge >= 0.3 is 5.97 Å².